The number of para-hydroxylation sites is 1. The second-order valence-corrected chi connectivity index (χ2v) is 4.26. The van der Waals surface area contributed by atoms with Crippen molar-refractivity contribution in [3.63, 3.8) is 0 Å². The molecule has 0 N–H and O–H groups in total. The highest BCUT2D eigenvalue weighted by Gasteiger charge is 2.23. The largest absolute Gasteiger partial charge is 0.494 e. The first-order chi connectivity index (χ1) is 9.20. The van der Waals surface area contributed by atoms with Crippen molar-refractivity contribution in [1.82, 2.24) is 0 Å². The maximum atomic E-state index is 13.7. The average Bonchev–Trinajstić information content (AvgIpc) is 2.57. The molecule has 0 radical (unpaired) electrons. The molecule has 3 nitrogen and oxygen atoms in total. The van der Waals surface area contributed by atoms with E-state index in [9.17, 15) is 9.18 Å². The molecule has 0 bridgehead atoms. The molecular formula is C15H11FO3. The zero-order valence-corrected chi connectivity index (χ0v) is 10.3. The van der Waals surface area contributed by atoms with E-state index in [4.69, 9.17) is 9.47 Å². The Morgan fingerprint density at radius 2 is 2.00 bits per heavy atom. The molecule has 0 amide bonds. The lowest BCUT2D eigenvalue weighted by Gasteiger charge is -2.08. The van der Waals surface area contributed by atoms with Gasteiger partial charge in [-0.15, -0.1) is 0 Å². The first-order valence-corrected chi connectivity index (χ1v) is 5.83. The van der Waals surface area contributed by atoms with E-state index in [1.807, 2.05) is 0 Å². The Kier molecular flexibility index (Phi) is 2.71. The van der Waals surface area contributed by atoms with Gasteiger partial charge in [-0.3, -0.25) is 4.79 Å². The van der Waals surface area contributed by atoms with E-state index < -0.39 is 5.82 Å². The zero-order valence-electron chi connectivity index (χ0n) is 10.3. The van der Waals surface area contributed by atoms with Crippen molar-refractivity contribution in [2.45, 2.75) is 6.61 Å². The number of benzene rings is 2. The summed E-state index contributed by atoms with van der Waals surface area (Å²) in [7, 11) is 1.39. The molecule has 0 aromatic heterocycles. The van der Waals surface area contributed by atoms with Crippen LogP contribution in [-0.4, -0.2) is 12.9 Å². The molecule has 2 aromatic carbocycles. The minimum atomic E-state index is -0.547. The van der Waals surface area contributed by atoms with Crippen LogP contribution in [0.15, 0.2) is 36.4 Å². The van der Waals surface area contributed by atoms with Gasteiger partial charge in [-0.05, 0) is 24.3 Å². The Hall–Kier alpha value is -2.36. The van der Waals surface area contributed by atoms with Crippen molar-refractivity contribution >= 4 is 5.78 Å². The number of carbonyl (C=O) groups is 1. The van der Waals surface area contributed by atoms with Crippen LogP contribution >= 0.6 is 0 Å². The number of hydrogen-bond acceptors (Lipinski definition) is 3. The molecule has 0 unspecified atom stereocenters. The maximum Gasteiger partial charge on any atom is 0.197 e. The van der Waals surface area contributed by atoms with Gasteiger partial charge in [0.15, 0.2) is 17.3 Å². The Morgan fingerprint density at radius 1 is 1.21 bits per heavy atom. The molecule has 1 aliphatic rings. The summed E-state index contributed by atoms with van der Waals surface area (Å²) in [6.45, 7) is 0.217. The third-order valence-electron chi connectivity index (χ3n) is 3.14. The lowest BCUT2D eigenvalue weighted by Crippen LogP contribution is -2.04. The van der Waals surface area contributed by atoms with Crippen LogP contribution in [0.3, 0.4) is 0 Å². The van der Waals surface area contributed by atoms with Crippen molar-refractivity contribution in [3.05, 3.63) is 58.9 Å². The molecular weight excluding hydrogens is 247 g/mol. The number of ketones is 1. The summed E-state index contributed by atoms with van der Waals surface area (Å²) in [5.41, 5.74) is 1.40. The molecule has 0 aliphatic carbocycles. The van der Waals surface area contributed by atoms with Crippen LogP contribution in [-0.2, 0) is 6.61 Å². The Morgan fingerprint density at radius 3 is 2.79 bits per heavy atom. The fourth-order valence-electron chi connectivity index (χ4n) is 2.16. The van der Waals surface area contributed by atoms with Crippen LogP contribution < -0.4 is 9.47 Å². The average molecular weight is 258 g/mol. The molecule has 0 saturated heterocycles. The number of rotatable bonds is 1. The van der Waals surface area contributed by atoms with Crippen LogP contribution in [0.5, 0.6) is 11.5 Å². The number of carbonyl (C=O) groups excluding carboxylic acids is 1. The number of ether oxygens (including phenoxy) is 2. The monoisotopic (exact) mass is 258 g/mol. The molecule has 1 heterocycles. The van der Waals surface area contributed by atoms with E-state index in [0.717, 1.165) is 0 Å². The lowest BCUT2D eigenvalue weighted by molar-refractivity contribution is 0.103. The minimum absolute atomic E-state index is 0.112. The van der Waals surface area contributed by atoms with Crippen LogP contribution in [0.25, 0.3) is 0 Å². The van der Waals surface area contributed by atoms with Crippen molar-refractivity contribution < 1.29 is 18.7 Å². The highest BCUT2D eigenvalue weighted by atomic mass is 19.1. The number of fused-ring (bicyclic) bond motifs is 2. The summed E-state index contributed by atoms with van der Waals surface area (Å²) in [6, 6.07) is 9.67. The van der Waals surface area contributed by atoms with Crippen molar-refractivity contribution in [2.75, 3.05) is 7.11 Å². The van der Waals surface area contributed by atoms with Gasteiger partial charge in [0.25, 0.3) is 0 Å². The second-order valence-electron chi connectivity index (χ2n) is 4.26. The van der Waals surface area contributed by atoms with E-state index in [1.165, 1.54) is 19.2 Å². The van der Waals surface area contributed by atoms with Crippen LogP contribution in [0.2, 0.25) is 0 Å². The topological polar surface area (TPSA) is 35.5 Å². The van der Waals surface area contributed by atoms with Gasteiger partial charge in [-0.25, -0.2) is 4.39 Å². The molecule has 0 atom stereocenters. The third kappa shape index (κ3) is 1.85. The zero-order chi connectivity index (χ0) is 13.4. The highest BCUT2D eigenvalue weighted by Crippen LogP contribution is 2.31. The van der Waals surface area contributed by atoms with Crippen LogP contribution in [0.4, 0.5) is 4.39 Å². The maximum absolute atomic E-state index is 13.7. The van der Waals surface area contributed by atoms with Crippen molar-refractivity contribution in [1.29, 1.82) is 0 Å². The number of halogens is 1. The predicted octanol–water partition coefficient (Wildman–Crippen LogP) is 2.96. The number of methoxy groups -OCH3 is 1. The second kappa shape index (κ2) is 4.39. The molecule has 0 fully saturated rings. The first-order valence-electron chi connectivity index (χ1n) is 5.83. The Balaban J connectivity index is 2.18. The molecule has 0 spiro atoms. The highest BCUT2D eigenvalue weighted by molar-refractivity contribution is 6.12. The van der Waals surface area contributed by atoms with Crippen LogP contribution in [0.1, 0.15) is 21.5 Å². The minimum Gasteiger partial charge on any atom is -0.494 e. The third-order valence-corrected chi connectivity index (χ3v) is 3.14. The molecule has 96 valence electrons. The summed E-state index contributed by atoms with van der Waals surface area (Å²) in [6.07, 6.45) is 0. The van der Waals surface area contributed by atoms with Gasteiger partial charge in [-0.2, -0.15) is 0 Å². The molecule has 19 heavy (non-hydrogen) atoms. The summed E-state index contributed by atoms with van der Waals surface area (Å²) in [5, 5.41) is 0. The summed E-state index contributed by atoms with van der Waals surface area (Å²) < 4.78 is 24.3. The van der Waals surface area contributed by atoms with Gasteiger partial charge < -0.3 is 9.47 Å². The normalized spacial score (nSPS) is 13.1. The van der Waals surface area contributed by atoms with E-state index in [2.05, 4.69) is 0 Å². The molecule has 2 aromatic rings. The van der Waals surface area contributed by atoms with Crippen molar-refractivity contribution in [3.8, 4) is 11.5 Å². The first kappa shape index (κ1) is 11.7. The predicted molar refractivity (Wildman–Crippen MR) is 67.2 cm³/mol. The summed E-state index contributed by atoms with van der Waals surface area (Å²) in [5.74, 6) is -0.150. The fraction of sp³-hybridized carbons (Fsp3) is 0.133. The standard InChI is InChI=1S/C15H11FO3/c1-18-14-6-9-8-19-13-5-3-2-4-10(13)15(17)11(9)7-12(14)16/h2-7H,8H2,1H3. The lowest BCUT2D eigenvalue weighted by atomic mass is 9.99. The number of hydrogen-bond donors (Lipinski definition) is 0. The van der Waals surface area contributed by atoms with Crippen molar-refractivity contribution in [2.24, 2.45) is 0 Å². The molecule has 3 rings (SSSR count). The fourth-order valence-corrected chi connectivity index (χ4v) is 2.16. The van der Waals surface area contributed by atoms with Gasteiger partial charge in [0.2, 0.25) is 0 Å². The van der Waals surface area contributed by atoms with Gasteiger partial charge in [0.1, 0.15) is 12.4 Å². The molecule has 4 heteroatoms. The SMILES string of the molecule is COc1cc2c(cc1F)C(=O)c1ccccc1OC2. The summed E-state index contributed by atoms with van der Waals surface area (Å²) >= 11 is 0. The van der Waals surface area contributed by atoms with Gasteiger partial charge in [0, 0.05) is 11.1 Å². The van der Waals surface area contributed by atoms with Crippen LogP contribution in [0, 0.1) is 5.82 Å². The quantitative estimate of drug-likeness (QED) is 0.788. The Labute approximate surface area is 109 Å². The van der Waals surface area contributed by atoms with Gasteiger partial charge >= 0.3 is 0 Å². The van der Waals surface area contributed by atoms with E-state index in [0.29, 0.717) is 22.4 Å². The molecule has 0 saturated carbocycles. The summed E-state index contributed by atoms with van der Waals surface area (Å²) in [4.78, 5) is 12.4. The smallest absolute Gasteiger partial charge is 0.197 e. The van der Waals surface area contributed by atoms with E-state index >= 15 is 0 Å². The van der Waals surface area contributed by atoms with Gasteiger partial charge in [0.05, 0.1) is 12.7 Å². The molecule has 1 aliphatic heterocycles. The van der Waals surface area contributed by atoms with E-state index in [1.54, 1.807) is 24.3 Å². The Bertz CT molecular complexity index is 664. The van der Waals surface area contributed by atoms with E-state index in [-0.39, 0.29) is 18.1 Å². The van der Waals surface area contributed by atoms with Gasteiger partial charge in [-0.1, -0.05) is 12.1 Å².